The van der Waals surface area contributed by atoms with Crippen LogP contribution in [0.3, 0.4) is 0 Å². The Morgan fingerprint density at radius 1 is 1.17 bits per heavy atom. The van der Waals surface area contributed by atoms with Crippen LogP contribution in [0, 0.1) is 11.3 Å². The third-order valence-electron chi connectivity index (χ3n) is 3.12. The highest BCUT2D eigenvalue weighted by molar-refractivity contribution is 6.00. The Balaban J connectivity index is 1.94. The largest absolute Gasteiger partial charge is 0.493 e. The van der Waals surface area contributed by atoms with Crippen LogP contribution in [0.4, 0.5) is 5.69 Å². The van der Waals surface area contributed by atoms with E-state index in [1.165, 1.54) is 0 Å². The molecule has 2 N–H and O–H groups in total. The van der Waals surface area contributed by atoms with Crippen LogP contribution in [-0.2, 0) is 4.79 Å². The van der Waals surface area contributed by atoms with Gasteiger partial charge < -0.3 is 15.4 Å². The summed E-state index contributed by atoms with van der Waals surface area (Å²) in [6.45, 7) is 2.09. The lowest BCUT2D eigenvalue weighted by Gasteiger charge is -2.10. The minimum absolute atomic E-state index is 0.184. The summed E-state index contributed by atoms with van der Waals surface area (Å²) in [5.41, 5.74) is 1.32. The summed E-state index contributed by atoms with van der Waals surface area (Å²) < 4.78 is 5.39. The highest BCUT2D eigenvalue weighted by Crippen LogP contribution is 2.17. The van der Waals surface area contributed by atoms with E-state index >= 15 is 0 Å². The van der Waals surface area contributed by atoms with E-state index < -0.39 is 0 Å². The third-order valence-corrected chi connectivity index (χ3v) is 3.12. The highest BCUT2D eigenvalue weighted by atomic mass is 16.5. The second-order valence-corrected chi connectivity index (χ2v) is 4.85. The number of anilines is 1. The number of benzene rings is 2. The van der Waals surface area contributed by atoms with Crippen molar-refractivity contribution in [2.75, 3.05) is 18.5 Å². The molecule has 0 atom stereocenters. The van der Waals surface area contributed by atoms with Crippen LogP contribution in [0.15, 0.2) is 48.5 Å². The van der Waals surface area contributed by atoms with Gasteiger partial charge in [0.15, 0.2) is 0 Å². The first-order chi connectivity index (χ1) is 11.6. The summed E-state index contributed by atoms with van der Waals surface area (Å²) in [4.78, 5) is 24.1. The Hall–Kier alpha value is -3.33. The second kappa shape index (κ2) is 8.34. The molecular formula is C18H17N3O3. The topological polar surface area (TPSA) is 91.2 Å². The van der Waals surface area contributed by atoms with E-state index in [4.69, 9.17) is 10.00 Å². The van der Waals surface area contributed by atoms with Gasteiger partial charge in [-0.2, -0.15) is 5.26 Å². The molecule has 2 aromatic rings. The SMILES string of the molecule is CCOc1ccccc1C(=O)NCC(=O)Nc1cccc(C#N)c1. The molecular weight excluding hydrogens is 306 g/mol. The summed E-state index contributed by atoms with van der Waals surface area (Å²) in [5.74, 6) is -0.299. The van der Waals surface area contributed by atoms with Crippen LogP contribution in [0.5, 0.6) is 5.75 Å². The van der Waals surface area contributed by atoms with Crippen molar-refractivity contribution in [1.29, 1.82) is 5.26 Å². The molecule has 2 aromatic carbocycles. The molecule has 6 nitrogen and oxygen atoms in total. The fraction of sp³-hybridized carbons (Fsp3) is 0.167. The van der Waals surface area contributed by atoms with Crippen molar-refractivity contribution in [3.8, 4) is 11.8 Å². The van der Waals surface area contributed by atoms with E-state index in [1.807, 2.05) is 13.0 Å². The molecule has 0 aromatic heterocycles. The predicted octanol–water partition coefficient (Wildman–Crippen LogP) is 2.33. The summed E-state index contributed by atoms with van der Waals surface area (Å²) >= 11 is 0. The molecule has 0 aliphatic heterocycles. The number of carbonyl (C=O) groups excluding carboxylic acids is 2. The Labute approximate surface area is 140 Å². The van der Waals surface area contributed by atoms with Gasteiger partial charge in [-0.05, 0) is 37.3 Å². The summed E-state index contributed by atoms with van der Waals surface area (Å²) in [7, 11) is 0. The maximum Gasteiger partial charge on any atom is 0.255 e. The number of para-hydroxylation sites is 1. The number of carbonyl (C=O) groups is 2. The molecule has 0 heterocycles. The monoisotopic (exact) mass is 323 g/mol. The van der Waals surface area contributed by atoms with Crippen molar-refractivity contribution < 1.29 is 14.3 Å². The van der Waals surface area contributed by atoms with Crippen LogP contribution in [0.2, 0.25) is 0 Å². The Kier molecular flexibility index (Phi) is 5.92. The second-order valence-electron chi connectivity index (χ2n) is 4.85. The fourth-order valence-electron chi connectivity index (χ4n) is 2.06. The lowest BCUT2D eigenvalue weighted by atomic mass is 10.2. The van der Waals surface area contributed by atoms with Gasteiger partial charge >= 0.3 is 0 Å². The van der Waals surface area contributed by atoms with Gasteiger partial charge in [0, 0.05) is 5.69 Å². The van der Waals surface area contributed by atoms with E-state index in [0.717, 1.165) is 0 Å². The normalized spacial score (nSPS) is 9.67. The first-order valence-electron chi connectivity index (χ1n) is 7.44. The predicted molar refractivity (Wildman–Crippen MR) is 89.7 cm³/mol. The van der Waals surface area contributed by atoms with Gasteiger partial charge in [-0.25, -0.2) is 0 Å². The van der Waals surface area contributed by atoms with E-state index in [2.05, 4.69) is 10.6 Å². The summed E-state index contributed by atoms with van der Waals surface area (Å²) in [6.07, 6.45) is 0. The van der Waals surface area contributed by atoms with Crippen LogP contribution >= 0.6 is 0 Å². The first-order valence-corrected chi connectivity index (χ1v) is 7.44. The minimum Gasteiger partial charge on any atom is -0.493 e. The molecule has 0 fully saturated rings. The number of rotatable bonds is 6. The number of amides is 2. The van der Waals surface area contributed by atoms with Crippen LogP contribution in [0.1, 0.15) is 22.8 Å². The van der Waals surface area contributed by atoms with Gasteiger partial charge in [0.2, 0.25) is 5.91 Å². The molecule has 0 saturated carbocycles. The molecule has 0 radical (unpaired) electrons. The number of hydrogen-bond donors (Lipinski definition) is 2. The average molecular weight is 323 g/mol. The fourth-order valence-corrected chi connectivity index (χ4v) is 2.06. The van der Waals surface area contributed by atoms with Crippen molar-refractivity contribution in [2.45, 2.75) is 6.92 Å². The highest BCUT2D eigenvalue weighted by Gasteiger charge is 2.13. The minimum atomic E-state index is -0.389. The summed E-state index contributed by atoms with van der Waals surface area (Å²) in [5, 5.41) is 14.0. The molecule has 6 heteroatoms. The van der Waals surface area contributed by atoms with Crippen molar-refractivity contribution in [2.24, 2.45) is 0 Å². The zero-order valence-corrected chi connectivity index (χ0v) is 13.2. The maximum atomic E-state index is 12.2. The van der Waals surface area contributed by atoms with Crippen LogP contribution in [0.25, 0.3) is 0 Å². The molecule has 0 aliphatic rings. The lowest BCUT2D eigenvalue weighted by Crippen LogP contribution is -2.33. The van der Waals surface area contributed by atoms with Gasteiger partial charge in [-0.1, -0.05) is 18.2 Å². The molecule has 0 spiro atoms. The number of hydrogen-bond acceptors (Lipinski definition) is 4. The molecule has 0 aliphatic carbocycles. The first kappa shape index (κ1) is 17.0. The zero-order chi connectivity index (χ0) is 17.4. The van der Waals surface area contributed by atoms with E-state index in [-0.39, 0.29) is 18.4 Å². The molecule has 0 bridgehead atoms. The molecule has 2 rings (SSSR count). The van der Waals surface area contributed by atoms with E-state index in [9.17, 15) is 9.59 Å². The number of nitriles is 1. The number of ether oxygens (including phenoxy) is 1. The van der Waals surface area contributed by atoms with Crippen LogP contribution < -0.4 is 15.4 Å². The van der Waals surface area contributed by atoms with Gasteiger partial charge in [0.05, 0.1) is 30.3 Å². The molecule has 0 unspecified atom stereocenters. The Morgan fingerprint density at radius 3 is 2.71 bits per heavy atom. The van der Waals surface area contributed by atoms with Crippen molar-refractivity contribution in [3.63, 3.8) is 0 Å². The van der Waals surface area contributed by atoms with Crippen molar-refractivity contribution in [1.82, 2.24) is 5.32 Å². The molecule has 2 amide bonds. The van der Waals surface area contributed by atoms with Gasteiger partial charge in [-0.15, -0.1) is 0 Å². The average Bonchev–Trinajstić information content (AvgIpc) is 2.60. The van der Waals surface area contributed by atoms with Crippen LogP contribution in [-0.4, -0.2) is 25.0 Å². The summed E-state index contributed by atoms with van der Waals surface area (Å²) in [6, 6.07) is 15.4. The third kappa shape index (κ3) is 4.58. The quantitative estimate of drug-likeness (QED) is 0.853. The van der Waals surface area contributed by atoms with E-state index in [0.29, 0.717) is 29.2 Å². The Bertz CT molecular complexity index is 781. The van der Waals surface area contributed by atoms with E-state index in [1.54, 1.807) is 48.5 Å². The number of nitrogens with one attached hydrogen (secondary N) is 2. The van der Waals surface area contributed by atoms with Crippen molar-refractivity contribution >= 4 is 17.5 Å². The molecule has 0 saturated heterocycles. The molecule has 122 valence electrons. The molecule has 24 heavy (non-hydrogen) atoms. The zero-order valence-electron chi connectivity index (χ0n) is 13.2. The Morgan fingerprint density at radius 2 is 1.96 bits per heavy atom. The maximum absolute atomic E-state index is 12.2. The van der Waals surface area contributed by atoms with Gasteiger partial charge in [-0.3, -0.25) is 9.59 Å². The van der Waals surface area contributed by atoms with Crippen molar-refractivity contribution in [3.05, 3.63) is 59.7 Å². The smallest absolute Gasteiger partial charge is 0.255 e. The number of nitrogens with zero attached hydrogens (tertiary/aromatic N) is 1. The van der Waals surface area contributed by atoms with Gasteiger partial charge in [0.1, 0.15) is 5.75 Å². The standard InChI is InChI=1S/C18H17N3O3/c1-2-24-16-9-4-3-8-15(16)18(23)20-12-17(22)21-14-7-5-6-13(10-14)11-19/h3-10H,2,12H2,1H3,(H,20,23)(H,21,22). The van der Waals surface area contributed by atoms with Gasteiger partial charge in [0.25, 0.3) is 5.91 Å². The lowest BCUT2D eigenvalue weighted by molar-refractivity contribution is -0.115.